The molecule has 1 rings (SSSR count). The maximum absolute atomic E-state index is 11.9. The van der Waals surface area contributed by atoms with Crippen molar-refractivity contribution in [3.8, 4) is 0 Å². The molecule has 0 saturated heterocycles. The lowest BCUT2D eigenvalue weighted by Crippen LogP contribution is -2.32. The third kappa shape index (κ3) is 8.81. The molecule has 1 aromatic rings. The average Bonchev–Trinajstić information content (AvgIpc) is 2.65. The molecular formula is C24H33NO4. The molecule has 0 heterocycles. The molecule has 0 aliphatic carbocycles. The highest BCUT2D eigenvalue weighted by atomic mass is 16.6. The summed E-state index contributed by atoms with van der Waals surface area (Å²) in [4.78, 5) is 23.3. The van der Waals surface area contributed by atoms with Gasteiger partial charge in [-0.15, -0.1) is 0 Å². The van der Waals surface area contributed by atoms with Crippen LogP contribution in [-0.2, 0) is 20.8 Å². The standard InChI is InChI=1S/C24H33NO4/c1-8-21(17(2)11-9-12-18(3)22(26)28-7)20-14-10-13-19(15-20)16-25-23(27)29-24(4,5)6/h8-15,18H,16H2,1-7H3,(H,25,27)/b12-9-,17-11+,21-8+. The SMILES string of the molecule is C\C=C(/C(C)=C/C=C\C(C)C(=O)OC)c1cccc(CNC(=O)OC(C)(C)C)c1. The Labute approximate surface area is 174 Å². The molecule has 0 aliphatic heterocycles. The quantitative estimate of drug-likeness (QED) is 0.491. The van der Waals surface area contributed by atoms with Gasteiger partial charge in [-0.05, 0) is 69.9 Å². The Balaban J connectivity index is 2.86. The van der Waals surface area contributed by atoms with Gasteiger partial charge in [-0.25, -0.2) is 4.79 Å². The number of benzene rings is 1. The summed E-state index contributed by atoms with van der Waals surface area (Å²) in [6.45, 7) is 11.7. The second kappa shape index (κ2) is 11.2. The van der Waals surface area contributed by atoms with E-state index in [1.165, 1.54) is 7.11 Å². The van der Waals surface area contributed by atoms with E-state index in [4.69, 9.17) is 9.47 Å². The van der Waals surface area contributed by atoms with Crippen LogP contribution in [0.1, 0.15) is 52.7 Å². The molecule has 29 heavy (non-hydrogen) atoms. The van der Waals surface area contributed by atoms with E-state index in [0.29, 0.717) is 6.54 Å². The largest absolute Gasteiger partial charge is 0.469 e. The third-order valence-corrected chi connectivity index (χ3v) is 4.11. The van der Waals surface area contributed by atoms with Gasteiger partial charge in [0.25, 0.3) is 0 Å². The second-order valence-electron chi connectivity index (χ2n) is 7.80. The summed E-state index contributed by atoms with van der Waals surface area (Å²) in [7, 11) is 1.39. The Hall–Kier alpha value is -2.82. The number of ether oxygens (including phenoxy) is 2. The average molecular weight is 400 g/mol. The van der Waals surface area contributed by atoms with E-state index >= 15 is 0 Å². The summed E-state index contributed by atoms with van der Waals surface area (Å²) in [5.74, 6) is -0.552. The topological polar surface area (TPSA) is 64.6 Å². The smallest absolute Gasteiger partial charge is 0.407 e. The molecule has 0 spiro atoms. The van der Waals surface area contributed by atoms with E-state index in [2.05, 4.69) is 5.32 Å². The van der Waals surface area contributed by atoms with Gasteiger partial charge in [-0.2, -0.15) is 0 Å². The zero-order valence-corrected chi connectivity index (χ0v) is 18.5. The Morgan fingerprint density at radius 1 is 1.24 bits per heavy atom. The summed E-state index contributed by atoms with van der Waals surface area (Å²) in [5, 5.41) is 2.78. The molecule has 0 bridgehead atoms. The molecule has 5 heteroatoms. The summed E-state index contributed by atoms with van der Waals surface area (Å²) in [6, 6.07) is 8.01. The minimum atomic E-state index is -0.523. The van der Waals surface area contributed by atoms with E-state index in [1.54, 1.807) is 6.92 Å². The number of allylic oxidation sites excluding steroid dienone is 5. The molecule has 1 atom stereocenters. The predicted octanol–water partition coefficient (Wildman–Crippen LogP) is 5.43. The van der Waals surface area contributed by atoms with Crippen LogP contribution in [0.2, 0.25) is 0 Å². The highest BCUT2D eigenvalue weighted by Crippen LogP contribution is 2.24. The van der Waals surface area contributed by atoms with Crippen molar-refractivity contribution < 1.29 is 19.1 Å². The normalized spacial score (nSPS) is 13.9. The van der Waals surface area contributed by atoms with Crippen molar-refractivity contribution in [3.05, 3.63) is 65.3 Å². The molecule has 0 aromatic heterocycles. The molecule has 0 radical (unpaired) electrons. The number of alkyl carbamates (subject to hydrolysis) is 1. The van der Waals surface area contributed by atoms with Crippen molar-refractivity contribution in [2.75, 3.05) is 7.11 Å². The zero-order chi connectivity index (χ0) is 22.0. The lowest BCUT2D eigenvalue weighted by molar-refractivity contribution is -0.143. The van der Waals surface area contributed by atoms with Crippen LogP contribution in [0.5, 0.6) is 0 Å². The first-order chi connectivity index (χ1) is 13.6. The zero-order valence-electron chi connectivity index (χ0n) is 18.5. The minimum absolute atomic E-state index is 0.260. The van der Waals surface area contributed by atoms with Gasteiger partial charge in [0.1, 0.15) is 5.60 Å². The molecule has 5 nitrogen and oxygen atoms in total. The number of hydrogen-bond donors (Lipinski definition) is 1. The molecule has 0 aliphatic rings. The molecular weight excluding hydrogens is 366 g/mol. The number of methoxy groups -OCH3 is 1. The summed E-state index contributed by atoms with van der Waals surface area (Å²) in [6.07, 6.45) is 7.26. The number of carbonyl (C=O) groups excluding carboxylic acids is 2. The Bertz CT molecular complexity index is 797. The molecule has 1 amide bonds. The van der Waals surface area contributed by atoms with Crippen molar-refractivity contribution in [2.24, 2.45) is 5.92 Å². The van der Waals surface area contributed by atoms with E-state index in [-0.39, 0.29) is 11.9 Å². The summed E-state index contributed by atoms with van der Waals surface area (Å²) < 4.78 is 10.00. The first kappa shape index (κ1) is 24.2. The second-order valence-corrected chi connectivity index (χ2v) is 7.80. The highest BCUT2D eigenvalue weighted by Gasteiger charge is 2.15. The number of rotatable bonds is 7. The molecule has 158 valence electrons. The highest BCUT2D eigenvalue weighted by molar-refractivity contribution is 5.79. The Morgan fingerprint density at radius 3 is 2.52 bits per heavy atom. The molecule has 1 N–H and O–H groups in total. The summed E-state index contributed by atoms with van der Waals surface area (Å²) >= 11 is 0. The minimum Gasteiger partial charge on any atom is -0.469 e. The van der Waals surface area contributed by atoms with E-state index in [0.717, 1.165) is 22.3 Å². The lowest BCUT2D eigenvalue weighted by atomic mass is 9.96. The van der Waals surface area contributed by atoms with E-state index < -0.39 is 11.7 Å². The van der Waals surface area contributed by atoms with Gasteiger partial charge in [0.15, 0.2) is 0 Å². The van der Waals surface area contributed by atoms with Gasteiger partial charge in [0, 0.05) is 6.54 Å². The Kier molecular flexibility index (Phi) is 9.39. The van der Waals surface area contributed by atoms with E-state index in [1.807, 2.05) is 83.2 Å². The van der Waals surface area contributed by atoms with Crippen LogP contribution >= 0.6 is 0 Å². The van der Waals surface area contributed by atoms with Crippen LogP contribution in [0.25, 0.3) is 5.57 Å². The maximum atomic E-state index is 11.9. The molecule has 0 saturated carbocycles. The van der Waals surface area contributed by atoms with Crippen molar-refractivity contribution in [1.82, 2.24) is 5.32 Å². The molecule has 0 fully saturated rings. The van der Waals surface area contributed by atoms with Crippen LogP contribution in [-0.4, -0.2) is 24.8 Å². The maximum Gasteiger partial charge on any atom is 0.407 e. The van der Waals surface area contributed by atoms with Crippen molar-refractivity contribution in [2.45, 2.75) is 53.7 Å². The fourth-order valence-corrected chi connectivity index (χ4v) is 2.68. The molecule has 1 unspecified atom stereocenters. The Morgan fingerprint density at radius 2 is 1.93 bits per heavy atom. The number of hydrogen-bond acceptors (Lipinski definition) is 4. The first-order valence-electron chi connectivity index (χ1n) is 9.73. The fraction of sp³-hybridized carbons (Fsp3) is 0.417. The van der Waals surface area contributed by atoms with Gasteiger partial charge >= 0.3 is 12.1 Å². The van der Waals surface area contributed by atoms with Crippen LogP contribution in [0.15, 0.2) is 54.1 Å². The van der Waals surface area contributed by atoms with Gasteiger partial charge in [0.05, 0.1) is 13.0 Å². The van der Waals surface area contributed by atoms with Crippen molar-refractivity contribution in [1.29, 1.82) is 0 Å². The number of carbonyl (C=O) groups is 2. The van der Waals surface area contributed by atoms with E-state index in [9.17, 15) is 9.59 Å². The lowest BCUT2D eigenvalue weighted by Gasteiger charge is -2.19. The number of nitrogens with one attached hydrogen (secondary N) is 1. The number of esters is 1. The van der Waals surface area contributed by atoms with Crippen LogP contribution in [0.4, 0.5) is 4.79 Å². The van der Waals surface area contributed by atoms with Crippen molar-refractivity contribution in [3.63, 3.8) is 0 Å². The van der Waals surface area contributed by atoms with Crippen LogP contribution in [0, 0.1) is 5.92 Å². The fourth-order valence-electron chi connectivity index (χ4n) is 2.68. The summed E-state index contributed by atoms with van der Waals surface area (Å²) in [5.41, 5.74) is 3.66. The van der Waals surface area contributed by atoms with Crippen LogP contribution in [0.3, 0.4) is 0 Å². The predicted molar refractivity (Wildman–Crippen MR) is 117 cm³/mol. The number of amides is 1. The third-order valence-electron chi connectivity index (χ3n) is 4.11. The van der Waals surface area contributed by atoms with Crippen molar-refractivity contribution >= 4 is 17.6 Å². The van der Waals surface area contributed by atoms with Crippen LogP contribution < -0.4 is 5.32 Å². The van der Waals surface area contributed by atoms with Gasteiger partial charge in [-0.1, -0.05) is 42.5 Å². The van der Waals surface area contributed by atoms with Gasteiger partial charge in [0.2, 0.25) is 0 Å². The molecule has 1 aromatic carbocycles. The first-order valence-corrected chi connectivity index (χ1v) is 9.73. The monoisotopic (exact) mass is 399 g/mol. The van der Waals surface area contributed by atoms with Gasteiger partial charge in [-0.3, -0.25) is 4.79 Å². The van der Waals surface area contributed by atoms with Gasteiger partial charge < -0.3 is 14.8 Å².